The Balaban J connectivity index is 2.36. The molecule has 0 spiro atoms. The minimum atomic E-state index is -0.164. The van der Waals surface area contributed by atoms with Crippen molar-refractivity contribution in [1.29, 1.82) is 0 Å². The molecule has 0 aromatic heterocycles. The van der Waals surface area contributed by atoms with Gasteiger partial charge in [0, 0.05) is 5.41 Å². The van der Waals surface area contributed by atoms with E-state index in [0.717, 1.165) is 49.4 Å². The number of nitrogens with one attached hydrogen (secondary N) is 1. The summed E-state index contributed by atoms with van der Waals surface area (Å²) in [5.41, 5.74) is 0.972. The number of ether oxygens (including phenoxy) is 2. The zero-order valence-corrected chi connectivity index (χ0v) is 11.7. The molecule has 0 aliphatic carbocycles. The molecule has 1 saturated heterocycles. The molecule has 1 aliphatic rings. The van der Waals surface area contributed by atoms with E-state index in [-0.39, 0.29) is 12.0 Å². The van der Waals surface area contributed by atoms with Crippen LogP contribution < -0.4 is 14.8 Å². The summed E-state index contributed by atoms with van der Waals surface area (Å²) in [6.07, 6.45) is 3.01. The smallest absolute Gasteiger partial charge is 0.161 e. The van der Waals surface area contributed by atoms with E-state index in [1.807, 2.05) is 18.2 Å². The highest BCUT2D eigenvalue weighted by Gasteiger charge is 2.32. The van der Waals surface area contributed by atoms with Crippen LogP contribution in [0.2, 0.25) is 0 Å². The van der Waals surface area contributed by atoms with Gasteiger partial charge in [-0.3, -0.25) is 0 Å². The zero-order chi connectivity index (χ0) is 13.7. The number of rotatable bonds is 4. The quantitative estimate of drug-likeness (QED) is 0.870. The first-order valence-corrected chi connectivity index (χ1v) is 6.80. The molecule has 1 heterocycles. The lowest BCUT2D eigenvalue weighted by atomic mass is 9.75. The average Bonchev–Trinajstić information content (AvgIpc) is 2.72. The van der Waals surface area contributed by atoms with Gasteiger partial charge in [0.2, 0.25) is 0 Å². The fourth-order valence-electron chi connectivity index (χ4n) is 2.83. The van der Waals surface area contributed by atoms with Gasteiger partial charge in [0.05, 0.1) is 20.8 Å². The van der Waals surface area contributed by atoms with Crippen LogP contribution >= 0.6 is 0 Å². The minimum Gasteiger partial charge on any atom is -0.493 e. The van der Waals surface area contributed by atoms with Crippen molar-refractivity contribution in [1.82, 2.24) is 5.32 Å². The fraction of sp³-hybridized carbons (Fsp3) is 0.600. The Morgan fingerprint density at radius 1 is 1.16 bits per heavy atom. The SMILES string of the molecule is COc1ccc(C2(CO)CCCNCC2)cc1OC. The first-order valence-electron chi connectivity index (χ1n) is 6.80. The Morgan fingerprint density at radius 2 is 1.95 bits per heavy atom. The fourth-order valence-corrected chi connectivity index (χ4v) is 2.83. The van der Waals surface area contributed by atoms with Gasteiger partial charge in [-0.1, -0.05) is 6.07 Å². The van der Waals surface area contributed by atoms with Crippen LogP contribution in [0.15, 0.2) is 18.2 Å². The van der Waals surface area contributed by atoms with Gasteiger partial charge in [0.1, 0.15) is 0 Å². The van der Waals surface area contributed by atoms with Crippen LogP contribution in [-0.4, -0.2) is 39.0 Å². The van der Waals surface area contributed by atoms with E-state index in [4.69, 9.17) is 9.47 Å². The lowest BCUT2D eigenvalue weighted by Crippen LogP contribution is -2.31. The molecule has 1 aromatic carbocycles. The molecule has 1 fully saturated rings. The summed E-state index contributed by atoms with van der Waals surface area (Å²) in [5.74, 6) is 1.45. The van der Waals surface area contributed by atoms with Crippen LogP contribution in [0.5, 0.6) is 11.5 Å². The van der Waals surface area contributed by atoms with Crippen molar-refractivity contribution in [3.63, 3.8) is 0 Å². The molecule has 4 nitrogen and oxygen atoms in total. The Labute approximate surface area is 114 Å². The van der Waals surface area contributed by atoms with Crippen LogP contribution in [0.4, 0.5) is 0 Å². The number of aliphatic hydroxyl groups excluding tert-OH is 1. The Bertz CT molecular complexity index is 412. The second-order valence-corrected chi connectivity index (χ2v) is 5.11. The average molecular weight is 265 g/mol. The van der Waals surface area contributed by atoms with Crippen LogP contribution in [0.1, 0.15) is 24.8 Å². The van der Waals surface area contributed by atoms with E-state index in [9.17, 15) is 5.11 Å². The third-order valence-electron chi connectivity index (χ3n) is 4.09. The zero-order valence-electron chi connectivity index (χ0n) is 11.7. The van der Waals surface area contributed by atoms with Gasteiger partial charge in [-0.2, -0.15) is 0 Å². The van der Waals surface area contributed by atoms with E-state index >= 15 is 0 Å². The van der Waals surface area contributed by atoms with E-state index in [1.165, 1.54) is 0 Å². The summed E-state index contributed by atoms with van der Waals surface area (Å²) >= 11 is 0. The van der Waals surface area contributed by atoms with Crippen LogP contribution in [0, 0.1) is 0 Å². The van der Waals surface area contributed by atoms with Crippen molar-refractivity contribution in [3.05, 3.63) is 23.8 Å². The molecular weight excluding hydrogens is 242 g/mol. The minimum absolute atomic E-state index is 0.164. The summed E-state index contributed by atoms with van der Waals surface area (Å²) in [5, 5.41) is 13.3. The topological polar surface area (TPSA) is 50.7 Å². The Hall–Kier alpha value is -1.26. The molecule has 0 saturated carbocycles. The summed E-state index contributed by atoms with van der Waals surface area (Å²) < 4.78 is 10.6. The maximum atomic E-state index is 9.91. The standard InChI is InChI=1S/C15H23NO3/c1-18-13-5-4-12(10-14(13)19-2)15(11-17)6-3-8-16-9-7-15/h4-5,10,16-17H,3,6-9,11H2,1-2H3. The van der Waals surface area contributed by atoms with Crippen molar-refractivity contribution < 1.29 is 14.6 Å². The van der Waals surface area contributed by atoms with Gasteiger partial charge in [0.15, 0.2) is 11.5 Å². The normalized spacial score (nSPS) is 23.7. The van der Waals surface area contributed by atoms with Crippen molar-refractivity contribution in [2.75, 3.05) is 33.9 Å². The Kier molecular flexibility index (Phi) is 4.66. The molecule has 1 atom stereocenters. The van der Waals surface area contributed by atoms with Crippen molar-refractivity contribution in [2.45, 2.75) is 24.7 Å². The molecule has 1 unspecified atom stereocenters. The van der Waals surface area contributed by atoms with E-state index in [0.29, 0.717) is 0 Å². The number of methoxy groups -OCH3 is 2. The molecule has 19 heavy (non-hydrogen) atoms. The maximum absolute atomic E-state index is 9.91. The largest absolute Gasteiger partial charge is 0.493 e. The first kappa shape index (κ1) is 14.2. The summed E-state index contributed by atoms with van der Waals surface area (Å²) in [6, 6.07) is 5.97. The van der Waals surface area contributed by atoms with E-state index in [1.54, 1.807) is 14.2 Å². The predicted octanol–water partition coefficient (Wildman–Crippen LogP) is 1.71. The van der Waals surface area contributed by atoms with Gasteiger partial charge >= 0.3 is 0 Å². The van der Waals surface area contributed by atoms with E-state index < -0.39 is 0 Å². The van der Waals surface area contributed by atoms with E-state index in [2.05, 4.69) is 5.32 Å². The van der Waals surface area contributed by atoms with Crippen molar-refractivity contribution >= 4 is 0 Å². The lowest BCUT2D eigenvalue weighted by molar-refractivity contribution is 0.178. The molecule has 1 aromatic rings. The highest BCUT2D eigenvalue weighted by Crippen LogP contribution is 2.38. The van der Waals surface area contributed by atoms with Gasteiger partial charge in [-0.25, -0.2) is 0 Å². The highest BCUT2D eigenvalue weighted by atomic mass is 16.5. The van der Waals surface area contributed by atoms with Crippen LogP contribution in [0.3, 0.4) is 0 Å². The highest BCUT2D eigenvalue weighted by molar-refractivity contribution is 5.45. The van der Waals surface area contributed by atoms with Gasteiger partial charge < -0.3 is 19.9 Å². The molecular formula is C15H23NO3. The molecule has 0 amide bonds. The predicted molar refractivity (Wildman–Crippen MR) is 75.0 cm³/mol. The molecule has 106 valence electrons. The van der Waals surface area contributed by atoms with Gasteiger partial charge in [-0.05, 0) is 50.0 Å². The molecule has 2 N–H and O–H groups in total. The van der Waals surface area contributed by atoms with Crippen molar-refractivity contribution in [2.24, 2.45) is 0 Å². The second kappa shape index (κ2) is 6.26. The monoisotopic (exact) mass is 265 g/mol. The molecule has 1 aliphatic heterocycles. The Morgan fingerprint density at radius 3 is 2.63 bits per heavy atom. The third kappa shape index (κ3) is 2.85. The number of benzene rings is 1. The summed E-state index contributed by atoms with van der Waals surface area (Å²) in [4.78, 5) is 0. The summed E-state index contributed by atoms with van der Waals surface area (Å²) in [7, 11) is 3.27. The number of aliphatic hydroxyl groups is 1. The molecule has 2 rings (SSSR count). The molecule has 0 radical (unpaired) electrons. The first-order chi connectivity index (χ1) is 9.25. The molecule has 4 heteroatoms. The summed E-state index contributed by atoms with van der Waals surface area (Å²) in [6.45, 7) is 2.13. The lowest BCUT2D eigenvalue weighted by Gasteiger charge is -2.31. The number of hydrogen-bond acceptors (Lipinski definition) is 4. The molecule has 0 bridgehead atoms. The maximum Gasteiger partial charge on any atom is 0.161 e. The number of hydrogen-bond donors (Lipinski definition) is 2. The van der Waals surface area contributed by atoms with Gasteiger partial charge in [0.25, 0.3) is 0 Å². The van der Waals surface area contributed by atoms with Gasteiger partial charge in [-0.15, -0.1) is 0 Å². The van der Waals surface area contributed by atoms with Crippen molar-refractivity contribution in [3.8, 4) is 11.5 Å². The van der Waals surface area contributed by atoms with Crippen LogP contribution in [-0.2, 0) is 5.41 Å². The second-order valence-electron chi connectivity index (χ2n) is 5.11. The van der Waals surface area contributed by atoms with Crippen LogP contribution in [0.25, 0.3) is 0 Å². The third-order valence-corrected chi connectivity index (χ3v) is 4.09.